The molecule has 1 N–H and O–H groups in total. The molecular formula is C14H20K2O10S2. The van der Waals surface area contributed by atoms with Crippen LogP contribution in [0.5, 0.6) is 0 Å². The van der Waals surface area contributed by atoms with Gasteiger partial charge in [0.1, 0.15) is 6.10 Å². The number of hydrogen-bond acceptors (Lipinski definition) is 9. The van der Waals surface area contributed by atoms with E-state index in [0.29, 0.717) is 0 Å². The molecule has 2 aliphatic carbocycles. The molecule has 14 heteroatoms. The number of carboxylic acid groups (broad SMARTS) is 1. The van der Waals surface area contributed by atoms with Crippen molar-refractivity contribution in [3.8, 4) is 0 Å². The molecule has 2 saturated carbocycles. The van der Waals surface area contributed by atoms with Gasteiger partial charge in [-0.2, -0.15) is 0 Å². The Morgan fingerprint density at radius 2 is 1.57 bits per heavy atom. The van der Waals surface area contributed by atoms with Crippen molar-refractivity contribution in [2.45, 2.75) is 55.1 Å². The van der Waals surface area contributed by atoms with Crippen LogP contribution in [0.3, 0.4) is 0 Å². The SMILES string of the molecule is O=COC1CC(C2CC(C(=O)O)CCC2S(=O)(=O)[O-])CC(S(=O)(=O)[O-])C1.[K+].[K+]. The van der Waals surface area contributed by atoms with Crippen molar-refractivity contribution in [2.75, 3.05) is 0 Å². The van der Waals surface area contributed by atoms with Crippen molar-refractivity contribution < 1.29 is 148 Å². The fourth-order valence-corrected chi connectivity index (χ4v) is 6.41. The van der Waals surface area contributed by atoms with Gasteiger partial charge in [-0.25, -0.2) is 16.8 Å². The maximum Gasteiger partial charge on any atom is 1.00 e. The van der Waals surface area contributed by atoms with E-state index in [4.69, 9.17) is 4.74 Å². The molecule has 0 radical (unpaired) electrons. The third kappa shape index (κ3) is 8.18. The molecule has 2 fully saturated rings. The summed E-state index contributed by atoms with van der Waals surface area (Å²) in [7, 11) is -9.46. The molecule has 0 aliphatic heterocycles. The van der Waals surface area contributed by atoms with E-state index < -0.39 is 60.6 Å². The van der Waals surface area contributed by atoms with Crippen LogP contribution in [0, 0.1) is 17.8 Å². The van der Waals surface area contributed by atoms with Gasteiger partial charge < -0.3 is 18.9 Å². The van der Waals surface area contributed by atoms with Gasteiger partial charge in [-0.1, -0.05) is 0 Å². The molecule has 0 saturated heterocycles. The summed E-state index contributed by atoms with van der Waals surface area (Å²) in [5.41, 5.74) is 0. The smallest absolute Gasteiger partial charge is 0.748 e. The fourth-order valence-electron chi connectivity index (χ4n) is 4.29. The van der Waals surface area contributed by atoms with E-state index >= 15 is 0 Å². The van der Waals surface area contributed by atoms with Crippen molar-refractivity contribution >= 4 is 32.7 Å². The number of rotatable bonds is 6. The Bertz CT molecular complexity index is 754. The van der Waals surface area contributed by atoms with Gasteiger partial charge in [0.25, 0.3) is 6.47 Å². The molecule has 0 amide bonds. The van der Waals surface area contributed by atoms with Gasteiger partial charge in [0.2, 0.25) is 0 Å². The number of hydrogen-bond donors (Lipinski definition) is 1. The Balaban J connectivity index is 0.00000364. The van der Waals surface area contributed by atoms with Crippen LogP contribution in [0.15, 0.2) is 0 Å². The third-order valence-corrected chi connectivity index (χ3v) is 8.00. The Kier molecular flexibility index (Phi) is 13.2. The molecule has 0 aromatic carbocycles. The van der Waals surface area contributed by atoms with E-state index in [1.807, 2.05) is 0 Å². The molecule has 0 aromatic heterocycles. The zero-order valence-corrected chi connectivity index (χ0v) is 23.6. The number of carbonyl (C=O) groups is 2. The first kappa shape index (κ1) is 30.0. The second-order valence-corrected chi connectivity index (χ2v) is 10.2. The molecule has 2 rings (SSSR count). The minimum absolute atomic E-state index is 0. The molecule has 0 heterocycles. The zero-order valence-electron chi connectivity index (χ0n) is 15.7. The molecule has 0 bridgehead atoms. The molecule has 6 atom stereocenters. The fraction of sp³-hybridized carbons (Fsp3) is 0.857. The first-order valence-corrected chi connectivity index (χ1v) is 11.1. The van der Waals surface area contributed by atoms with Crippen LogP contribution < -0.4 is 103 Å². The largest absolute Gasteiger partial charge is 1.00 e. The topological polar surface area (TPSA) is 178 Å². The summed E-state index contributed by atoms with van der Waals surface area (Å²) in [5.74, 6) is -3.61. The van der Waals surface area contributed by atoms with Gasteiger partial charge in [0.05, 0.1) is 36.7 Å². The van der Waals surface area contributed by atoms with Crippen LogP contribution in [0.25, 0.3) is 0 Å². The summed E-state index contributed by atoms with van der Waals surface area (Å²) >= 11 is 0. The Labute approximate surface area is 249 Å². The predicted molar refractivity (Wildman–Crippen MR) is 83.7 cm³/mol. The third-order valence-electron chi connectivity index (χ3n) is 5.47. The summed E-state index contributed by atoms with van der Waals surface area (Å²) in [4.78, 5) is 21.9. The van der Waals surface area contributed by atoms with Gasteiger partial charge in [-0.3, -0.25) is 9.59 Å². The number of ether oxygens (including phenoxy) is 1. The first-order chi connectivity index (χ1) is 11.9. The maximum atomic E-state index is 11.6. The molecule has 0 spiro atoms. The maximum absolute atomic E-state index is 11.6. The van der Waals surface area contributed by atoms with E-state index in [1.54, 1.807) is 0 Å². The molecule has 28 heavy (non-hydrogen) atoms. The predicted octanol–water partition coefficient (Wildman–Crippen LogP) is -6.34. The van der Waals surface area contributed by atoms with Crippen molar-refractivity contribution in [3.05, 3.63) is 0 Å². The van der Waals surface area contributed by atoms with Gasteiger partial charge in [0.15, 0.2) is 0 Å². The second-order valence-electron chi connectivity index (χ2n) is 6.98. The Morgan fingerprint density at radius 1 is 0.964 bits per heavy atom. The quantitative estimate of drug-likeness (QED) is 0.214. The van der Waals surface area contributed by atoms with Crippen LogP contribution in [-0.4, -0.2) is 60.1 Å². The minimum atomic E-state index is -4.74. The van der Waals surface area contributed by atoms with Gasteiger partial charge in [0, 0.05) is 6.42 Å². The van der Waals surface area contributed by atoms with E-state index in [9.17, 15) is 40.6 Å². The molecule has 150 valence electrons. The van der Waals surface area contributed by atoms with E-state index in [-0.39, 0.29) is 148 Å². The summed E-state index contributed by atoms with van der Waals surface area (Å²) < 4.78 is 74.0. The van der Waals surface area contributed by atoms with Gasteiger partial charge >= 0.3 is 109 Å². The average molecular weight is 491 g/mol. The van der Waals surface area contributed by atoms with Crippen molar-refractivity contribution in [3.63, 3.8) is 0 Å². The molecule has 6 unspecified atom stereocenters. The van der Waals surface area contributed by atoms with Gasteiger partial charge in [-0.15, -0.1) is 0 Å². The van der Waals surface area contributed by atoms with Crippen molar-refractivity contribution in [1.29, 1.82) is 0 Å². The van der Waals surface area contributed by atoms with E-state index in [2.05, 4.69) is 0 Å². The number of aliphatic carboxylic acids is 1. The standard InChI is InChI=1S/C14H22O10S2.2K/c15-7-24-10-3-9(4-11(6-10)25(18,19)20)12-5-8(14(16)17)1-2-13(12)26(21,22)23;;/h7-13H,1-6H2,(H,16,17)(H,18,19,20)(H,21,22,23);;/q;2*+1/p-2. The summed E-state index contributed by atoms with van der Waals surface area (Å²) in [6.07, 6.45) is -1.43. The summed E-state index contributed by atoms with van der Waals surface area (Å²) in [5, 5.41) is 6.48. The molecule has 2 aliphatic rings. The van der Waals surface area contributed by atoms with Crippen molar-refractivity contribution in [2.24, 2.45) is 17.8 Å². The minimum Gasteiger partial charge on any atom is -0.748 e. The Morgan fingerprint density at radius 3 is 2.04 bits per heavy atom. The van der Waals surface area contributed by atoms with Crippen LogP contribution in [0.1, 0.15) is 38.5 Å². The average Bonchev–Trinajstić information content (AvgIpc) is 2.52. The first-order valence-electron chi connectivity index (χ1n) is 8.14. The second kappa shape index (κ2) is 12.3. The molecular weight excluding hydrogens is 470 g/mol. The monoisotopic (exact) mass is 490 g/mol. The van der Waals surface area contributed by atoms with E-state index in [1.165, 1.54) is 0 Å². The van der Waals surface area contributed by atoms with Crippen LogP contribution >= 0.6 is 0 Å². The molecule has 10 nitrogen and oxygen atoms in total. The van der Waals surface area contributed by atoms with Crippen LogP contribution in [0.2, 0.25) is 0 Å². The van der Waals surface area contributed by atoms with Gasteiger partial charge in [-0.05, 0) is 43.9 Å². The van der Waals surface area contributed by atoms with E-state index in [0.717, 1.165) is 0 Å². The summed E-state index contributed by atoms with van der Waals surface area (Å²) in [6.45, 7) is 0.115. The molecule has 0 aromatic rings. The number of carboxylic acids is 1. The van der Waals surface area contributed by atoms with Crippen molar-refractivity contribution in [1.82, 2.24) is 0 Å². The van der Waals surface area contributed by atoms with Crippen LogP contribution in [0.4, 0.5) is 0 Å². The normalized spacial score (nSPS) is 33.6. The Hall–Kier alpha value is 2.03. The summed E-state index contributed by atoms with van der Waals surface area (Å²) in [6, 6.07) is 0. The number of carbonyl (C=O) groups excluding carboxylic acids is 1. The zero-order chi connectivity index (χ0) is 19.7. The van der Waals surface area contributed by atoms with Crippen LogP contribution in [-0.2, 0) is 34.6 Å².